The Morgan fingerprint density at radius 3 is 2.24 bits per heavy atom. The third-order valence-electron chi connectivity index (χ3n) is 4.13. The Morgan fingerprint density at radius 2 is 1.56 bits per heavy atom. The molecule has 4 nitrogen and oxygen atoms in total. The summed E-state index contributed by atoms with van der Waals surface area (Å²) in [5.41, 5.74) is 2.32. The smallest absolute Gasteiger partial charge is 0.414 e. The lowest BCUT2D eigenvalue weighted by molar-refractivity contribution is -0.116. The van der Waals surface area contributed by atoms with Crippen molar-refractivity contribution in [1.29, 1.82) is 0 Å². The molecule has 2 aromatic rings. The van der Waals surface area contributed by atoms with Crippen LogP contribution in [-0.2, 0) is 22.6 Å². The minimum atomic E-state index is -0.462. The summed E-state index contributed by atoms with van der Waals surface area (Å²) >= 11 is 0. The number of ketones is 1. The van der Waals surface area contributed by atoms with Gasteiger partial charge >= 0.3 is 6.09 Å². The van der Waals surface area contributed by atoms with Crippen LogP contribution in [0.2, 0.25) is 0 Å². The number of hydrogen-bond acceptors (Lipinski definition) is 3. The average molecular weight is 335 g/mol. The van der Waals surface area contributed by atoms with Gasteiger partial charge in [-0.15, -0.1) is 0 Å². The Kier molecular flexibility index (Phi) is 5.62. The molecule has 3 rings (SSSR count). The summed E-state index contributed by atoms with van der Waals surface area (Å²) in [5, 5.41) is 0. The zero-order valence-electron chi connectivity index (χ0n) is 14.1. The fraction of sp³-hybridized carbons (Fsp3) is 0.238. The first-order chi connectivity index (χ1) is 12.2. The molecule has 4 heteroatoms. The van der Waals surface area contributed by atoms with Gasteiger partial charge in [0.25, 0.3) is 0 Å². The van der Waals surface area contributed by atoms with Gasteiger partial charge in [0.1, 0.15) is 6.61 Å². The lowest BCUT2D eigenvalue weighted by atomic mass is 10.0. The molecule has 0 aromatic heterocycles. The highest BCUT2D eigenvalue weighted by Gasteiger charge is 2.26. The summed E-state index contributed by atoms with van der Waals surface area (Å²) in [5.74, 6) is -0.0532. The first-order valence-electron chi connectivity index (χ1n) is 8.49. The van der Waals surface area contributed by atoms with Gasteiger partial charge in [0.15, 0.2) is 5.78 Å². The SMILES string of the molecule is O=C(Cc1ccccc1)C1=CCCCN1C(=O)OCc1ccccc1. The van der Waals surface area contributed by atoms with Crippen LogP contribution in [0, 0.1) is 0 Å². The van der Waals surface area contributed by atoms with Crippen LogP contribution < -0.4 is 0 Å². The fourth-order valence-electron chi connectivity index (χ4n) is 2.84. The summed E-state index contributed by atoms with van der Waals surface area (Å²) in [6, 6.07) is 19.1. The van der Waals surface area contributed by atoms with E-state index in [1.807, 2.05) is 66.7 Å². The fourth-order valence-corrected chi connectivity index (χ4v) is 2.84. The van der Waals surface area contributed by atoms with Crippen molar-refractivity contribution in [2.75, 3.05) is 6.54 Å². The normalized spacial score (nSPS) is 13.9. The average Bonchev–Trinajstić information content (AvgIpc) is 2.67. The third kappa shape index (κ3) is 4.57. The van der Waals surface area contributed by atoms with Crippen molar-refractivity contribution < 1.29 is 14.3 Å². The molecule has 0 bridgehead atoms. The number of carbonyl (C=O) groups is 2. The van der Waals surface area contributed by atoms with Gasteiger partial charge in [0.05, 0.1) is 5.70 Å². The maximum absolute atomic E-state index is 12.6. The van der Waals surface area contributed by atoms with E-state index < -0.39 is 6.09 Å². The first-order valence-corrected chi connectivity index (χ1v) is 8.49. The monoisotopic (exact) mass is 335 g/mol. The van der Waals surface area contributed by atoms with Crippen LogP contribution in [0.25, 0.3) is 0 Å². The molecule has 25 heavy (non-hydrogen) atoms. The van der Waals surface area contributed by atoms with Crippen LogP contribution >= 0.6 is 0 Å². The van der Waals surface area contributed by atoms with E-state index in [-0.39, 0.29) is 18.8 Å². The number of rotatable bonds is 5. The number of amides is 1. The molecule has 0 fully saturated rings. The van der Waals surface area contributed by atoms with E-state index in [1.54, 1.807) is 0 Å². The van der Waals surface area contributed by atoms with E-state index in [1.165, 1.54) is 4.90 Å². The zero-order valence-corrected chi connectivity index (χ0v) is 14.1. The van der Waals surface area contributed by atoms with Crippen molar-refractivity contribution in [2.45, 2.75) is 25.9 Å². The van der Waals surface area contributed by atoms with Crippen molar-refractivity contribution >= 4 is 11.9 Å². The van der Waals surface area contributed by atoms with Crippen LogP contribution in [0.1, 0.15) is 24.0 Å². The lowest BCUT2D eigenvalue weighted by Gasteiger charge is -2.27. The van der Waals surface area contributed by atoms with Crippen LogP contribution in [0.15, 0.2) is 72.4 Å². The molecule has 0 saturated carbocycles. The molecular formula is C21H21NO3. The first kappa shape index (κ1) is 17.0. The van der Waals surface area contributed by atoms with Gasteiger partial charge in [-0.1, -0.05) is 66.7 Å². The van der Waals surface area contributed by atoms with E-state index in [0.29, 0.717) is 12.2 Å². The quantitative estimate of drug-likeness (QED) is 0.826. The molecule has 0 unspecified atom stereocenters. The topological polar surface area (TPSA) is 46.6 Å². The van der Waals surface area contributed by atoms with Gasteiger partial charge < -0.3 is 4.74 Å². The second-order valence-corrected chi connectivity index (χ2v) is 6.01. The van der Waals surface area contributed by atoms with Crippen molar-refractivity contribution in [2.24, 2.45) is 0 Å². The van der Waals surface area contributed by atoms with Gasteiger partial charge in [-0.25, -0.2) is 4.79 Å². The van der Waals surface area contributed by atoms with Crippen LogP contribution in [-0.4, -0.2) is 23.3 Å². The molecule has 0 N–H and O–H groups in total. The maximum Gasteiger partial charge on any atom is 0.414 e. The second kappa shape index (κ2) is 8.29. The predicted octanol–water partition coefficient (Wildman–Crippen LogP) is 4.11. The second-order valence-electron chi connectivity index (χ2n) is 6.01. The standard InChI is InChI=1S/C21H21NO3/c23-20(15-17-9-3-1-4-10-17)19-13-7-8-14-22(19)21(24)25-16-18-11-5-2-6-12-18/h1-6,9-13H,7-8,14-16H2. The maximum atomic E-state index is 12.6. The van der Waals surface area contributed by atoms with E-state index in [0.717, 1.165) is 24.0 Å². The van der Waals surface area contributed by atoms with Crippen LogP contribution in [0.3, 0.4) is 0 Å². The van der Waals surface area contributed by atoms with Gasteiger partial charge in [-0.05, 0) is 24.0 Å². The van der Waals surface area contributed by atoms with E-state index >= 15 is 0 Å². The summed E-state index contributed by atoms with van der Waals surface area (Å²) < 4.78 is 5.39. The third-order valence-corrected chi connectivity index (χ3v) is 4.13. The van der Waals surface area contributed by atoms with Gasteiger partial charge in [-0.2, -0.15) is 0 Å². The summed E-state index contributed by atoms with van der Waals surface area (Å²) in [6.07, 6.45) is 3.31. The Bertz CT molecular complexity index is 753. The Labute approximate surface area is 147 Å². The Hall–Kier alpha value is -2.88. The van der Waals surface area contributed by atoms with Crippen molar-refractivity contribution in [3.8, 4) is 0 Å². The minimum Gasteiger partial charge on any atom is -0.444 e. The highest BCUT2D eigenvalue weighted by atomic mass is 16.6. The molecule has 0 atom stereocenters. The summed E-state index contributed by atoms with van der Waals surface area (Å²) in [6.45, 7) is 0.719. The number of Topliss-reactive ketones (excluding diaryl/α,β-unsaturated/α-hetero) is 1. The molecular weight excluding hydrogens is 314 g/mol. The predicted molar refractivity (Wildman–Crippen MR) is 95.8 cm³/mol. The molecule has 0 saturated heterocycles. The molecule has 1 amide bonds. The number of allylic oxidation sites excluding steroid dienone is 2. The summed E-state index contributed by atoms with van der Waals surface area (Å²) in [7, 11) is 0. The van der Waals surface area contributed by atoms with Crippen LogP contribution in [0.5, 0.6) is 0 Å². The molecule has 0 spiro atoms. The number of carbonyl (C=O) groups excluding carboxylic acids is 2. The van der Waals surface area contributed by atoms with Crippen molar-refractivity contribution in [3.05, 3.63) is 83.6 Å². The zero-order chi connectivity index (χ0) is 17.5. The molecule has 1 aliphatic heterocycles. The number of hydrogen-bond donors (Lipinski definition) is 0. The molecule has 1 heterocycles. The Balaban J connectivity index is 1.64. The number of nitrogens with zero attached hydrogens (tertiary/aromatic N) is 1. The molecule has 2 aromatic carbocycles. The summed E-state index contributed by atoms with van der Waals surface area (Å²) in [4.78, 5) is 26.6. The van der Waals surface area contributed by atoms with Gasteiger partial charge in [0, 0.05) is 13.0 Å². The van der Waals surface area contributed by atoms with E-state index in [9.17, 15) is 9.59 Å². The minimum absolute atomic E-state index is 0.0532. The molecule has 1 aliphatic rings. The van der Waals surface area contributed by atoms with Crippen molar-refractivity contribution in [1.82, 2.24) is 4.90 Å². The molecule has 0 aliphatic carbocycles. The Morgan fingerprint density at radius 1 is 0.920 bits per heavy atom. The number of benzene rings is 2. The molecule has 0 radical (unpaired) electrons. The highest BCUT2D eigenvalue weighted by Crippen LogP contribution is 2.19. The number of ether oxygens (including phenoxy) is 1. The molecule has 128 valence electrons. The largest absolute Gasteiger partial charge is 0.444 e. The van der Waals surface area contributed by atoms with Crippen LogP contribution in [0.4, 0.5) is 4.79 Å². The van der Waals surface area contributed by atoms with Gasteiger partial charge in [0.2, 0.25) is 0 Å². The van der Waals surface area contributed by atoms with E-state index in [2.05, 4.69) is 0 Å². The van der Waals surface area contributed by atoms with Crippen molar-refractivity contribution in [3.63, 3.8) is 0 Å². The van der Waals surface area contributed by atoms with E-state index in [4.69, 9.17) is 4.74 Å². The highest BCUT2D eigenvalue weighted by molar-refractivity contribution is 5.99. The van der Waals surface area contributed by atoms with Gasteiger partial charge in [-0.3, -0.25) is 9.69 Å². The lowest BCUT2D eigenvalue weighted by Crippen LogP contribution is -2.37.